The number of aryl methyl sites for hydroxylation is 1. The maximum atomic E-state index is 14.3. The summed E-state index contributed by atoms with van der Waals surface area (Å²) in [5, 5.41) is 0. The van der Waals surface area contributed by atoms with Gasteiger partial charge in [-0.05, 0) is 80.8 Å². The molecule has 4 unspecified atom stereocenters. The van der Waals surface area contributed by atoms with Gasteiger partial charge in [-0.3, -0.25) is 0 Å². The first kappa shape index (κ1) is 20.6. The Labute approximate surface area is 163 Å². The molecule has 3 heteroatoms. The number of benzene rings is 1. The average molecular weight is 379 g/mol. The number of ether oxygens (including phenoxy) is 1. The normalized spacial score (nSPS) is 27.1. The molecule has 2 aliphatic carbocycles. The van der Waals surface area contributed by atoms with E-state index in [1.165, 1.54) is 57.8 Å². The van der Waals surface area contributed by atoms with E-state index in [2.05, 4.69) is 6.92 Å². The molecule has 0 bridgehead atoms. The maximum Gasteiger partial charge on any atom is 0.200 e. The third kappa shape index (κ3) is 4.84. The van der Waals surface area contributed by atoms with Crippen molar-refractivity contribution in [1.82, 2.24) is 0 Å². The van der Waals surface area contributed by atoms with E-state index in [0.717, 1.165) is 24.2 Å². The van der Waals surface area contributed by atoms with Crippen LogP contribution >= 0.6 is 0 Å². The van der Waals surface area contributed by atoms with Crippen molar-refractivity contribution in [2.45, 2.75) is 84.5 Å². The van der Waals surface area contributed by atoms with Crippen molar-refractivity contribution in [2.24, 2.45) is 23.7 Å². The Kier molecular flexibility index (Phi) is 7.55. The lowest BCUT2D eigenvalue weighted by Crippen LogP contribution is -2.14. The van der Waals surface area contributed by atoms with Crippen LogP contribution in [0.5, 0.6) is 5.75 Å². The molecule has 0 aromatic heterocycles. The molecule has 2 saturated carbocycles. The van der Waals surface area contributed by atoms with Crippen molar-refractivity contribution in [3.8, 4) is 5.75 Å². The molecule has 2 fully saturated rings. The molecule has 0 heterocycles. The summed E-state index contributed by atoms with van der Waals surface area (Å²) in [7, 11) is 0. The molecule has 0 amide bonds. The van der Waals surface area contributed by atoms with Gasteiger partial charge in [-0.1, -0.05) is 45.1 Å². The lowest BCUT2D eigenvalue weighted by Gasteiger charge is -2.21. The highest BCUT2D eigenvalue weighted by atomic mass is 19.2. The highest BCUT2D eigenvalue weighted by molar-refractivity contribution is 5.31. The number of hydrogen-bond acceptors (Lipinski definition) is 1. The van der Waals surface area contributed by atoms with Crippen molar-refractivity contribution >= 4 is 0 Å². The number of unbranched alkanes of at least 4 members (excludes halogenated alkanes) is 3. The van der Waals surface area contributed by atoms with Crippen LogP contribution < -0.4 is 4.74 Å². The van der Waals surface area contributed by atoms with Crippen LogP contribution in [0.25, 0.3) is 0 Å². The summed E-state index contributed by atoms with van der Waals surface area (Å²) in [6, 6.07) is 3.29. The Balaban J connectivity index is 1.51. The van der Waals surface area contributed by atoms with Crippen molar-refractivity contribution in [3.63, 3.8) is 0 Å². The second-order valence-electron chi connectivity index (χ2n) is 8.67. The van der Waals surface area contributed by atoms with Crippen molar-refractivity contribution in [1.29, 1.82) is 0 Å². The average Bonchev–Trinajstić information content (AvgIpc) is 3.25. The molecule has 27 heavy (non-hydrogen) atoms. The van der Waals surface area contributed by atoms with Crippen LogP contribution in [0.2, 0.25) is 0 Å². The molecule has 0 N–H and O–H groups in total. The molecule has 0 saturated heterocycles. The minimum Gasteiger partial charge on any atom is -0.491 e. The first-order chi connectivity index (χ1) is 13.2. The van der Waals surface area contributed by atoms with Gasteiger partial charge in [0.1, 0.15) is 0 Å². The van der Waals surface area contributed by atoms with E-state index < -0.39 is 11.6 Å². The highest BCUT2D eigenvalue weighted by Crippen LogP contribution is 2.53. The molecule has 1 nitrogen and oxygen atoms in total. The van der Waals surface area contributed by atoms with E-state index in [-0.39, 0.29) is 5.75 Å². The second-order valence-corrected chi connectivity index (χ2v) is 8.67. The molecular weight excluding hydrogens is 342 g/mol. The van der Waals surface area contributed by atoms with E-state index in [1.54, 1.807) is 19.1 Å². The van der Waals surface area contributed by atoms with Gasteiger partial charge in [0.25, 0.3) is 0 Å². The van der Waals surface area contributed by atoms with Crippen LogP contribution in [0.15, 0.2) is 12.1 Å². The highest BCUT2D eigenvalue weighted by Gasteiger charge is 2.43. The van der Waals surface area contributed by atoms with Crippen LogP contribution in [0.1, 0.15) is 83.6 Å². The van der Waals surface area contributed by atoms with E-state index in [4.69, 9.17) is 4.74 Å². The fraction of sp³-hybridized carbons (Fsp3) is 0.750. The van der Waals surface area contributed by atoms with Crippen LogP contribution in [0, 0.1) is 35.3 Å². The van der Waals surface area contributed by atoms with Crippen molar-refractivity contribution in [2.75, 3.05) is 6.61 Å². The van der Waals surface area contributed by atoms with Gasteiger partial charge in [0.05, 0.1) is 6.61 Å². The summed E-state index contributed by atoms with van der Waals surface area (Å²) in [5.74, 6) is 1.85. The summed E-state index contributed by atoms with van der Waals surface area (Å²) in [6.07, 6.45) is 13.9. The van der Waals surface area contributed by atoms with Gasteiger partial charge in [-0.2, -0.15) is 4.39 Å². The van der Waals surface area contributed by atoms with Crippen LogP contribution in [0.4, 0.5) is 8.78 Å². The van der Waals surface area contributed by atoms with E-state index >= 15 is 0 Å². The summed E-state index contributed by atoms with van der Waals surface area (Å²) in [6.45, 7) is 4.40. The predicted molar refractivity (Wildman–Crippen MR) is 107 cm³/mol. The Hall–Kier alpha value is -1.12. The SMILES string of the molecule is CCCCCCC1CCC2C(CCc3ccc(OCC)c(F)c3F)CCC12. The molecule has 0 radical (unpaired) electrons. The van der Waals surface area contributed by atoms with Gasteiger partial charge in [-0.25, -0.2) is 4.39 Å². The molecule has 1 aromatic rings. The van der Waals surface area contributed by atoms with Crippen molar-refractivity contribution < 1.29 is 13.5 Å². The van der Waals surface area contributed by atoms with Gasteiger partial charge in [0.15, 0.2) is 11.6 Å². The van der Waals surface area contributed by atoms with Crippen LogP contribution in [-0.4, -0.2) is 6.61 Å². The Morgan fingerprint density at radius 3 is 2.22 bits per heavy atom. The van der Waals surface area contributed by atoms with E-state index in [0.29, 0.717) is 24.5 Å². The Morgan fingerprint density at radius 2 is 1.56 bits per heavy atom. The van der Waals surface area contributed by atoms with Crippen LogP contribution in [0.3, 0.4) is 0 Å². The van der Waals surface area contributed by atoms with E-state index in [1.807, 2.05) is 0 Å². The second kappa shape index (κ2) is 9.89. The third-order valence-corrected chi connectivity index (χ3v) is 7.14. The van der Waals surface area contributed by atoms with Gasteiger partial charge >= 0.3 is 0 Å². The first-order valence-corrected chi connectivity index (χ1v) is 11.2. The molecule has 3 rings (SSSR count). The minimum absolute atomic E-state index is 0.0291. The zero-order chi connectivity index (χ0) is 19.2. The van der Waals surface area contributed by atoms with Gasteiger partial charge in [0, 0.05) is 0 Å². The predicted octanol–water partition coefficient (Wildman–Crippen LogP) is 7.32. The molecule has 1 aromatic carbocycles. The third-order valence-electron chi connectivity index (χ3n) is 7.14. The van der Waals surface area contributed by atoms with Gasteiger partial charge < -0.3 is 4.74 Å². The molecule has 152 valence electrons. The zero-order valence-corrected chi connectivity index (χ0v) is 17.1. The fourth-order valence-corrected chi connectivity index (χ4v) is 5.76. The molecule has 0 aliphatic heterocycles. The maximum absolute atomic E-state index is 14.3. The summed E-state index contributed by atoms with van der Waals surface area (Å²) >= 11 is 0. The number of hydrogen-bond donors (Lipinski definition) is 0. The smallest absolute Gasteiger partial charge is 0.200 e. The molecule has 4 atom stereocenters. The number of rotatable bonds is 10. The number of fused-ring (bicyclic) bond motifs is 1. The molecule has 0 spiro atoms. The minimum atomic E-state index is -0.827. The molecular formula is C24H36F2O. The zero-order valence-electron chi connectivity index (χ0n) is 17.1. The largest absolute Gasteiger partial charge is 0.491 e. The Morgan fingerprint density at radius 1 is 0.852 bits per heavy atom. The summed E-state index contributed by atoms with van der Waals surface area (Å²) in [5.41, 5.74) is 0.508. The van der Waals surface area contributed by atoms with E-state index in [9.17, 15) is 8.78 Å². The Bertz CT molecular complexity index is 600. The quantitative estimate of drug-likeness (QED) is 0.388. The fourth-order valence-electron chi connectivity index (χ4n) is 5.76. The lowest BCUT2D eigenvalue weighted by molar-refractivity contribution is 0.289. The number of halogens is 2. The standard InChI is InChI=1S/C24H36F2O/c1-3-5-6-7-8-17-11-14-21-18(12-15-20(17)21)9-10-19-13-16-22(27-4-2)24(26)23(19)25/h13,16-18,20-21H,3-12,14-15H2,1-2H3. The summed E-state index contributed by atoms with van der Waals surface area (Å²) < 4.78 is 33.6. The van der Waals surface area contributed by atoms with Gasteiger partial charge in [0.2, 0.25) is 5.82 Å². The topological polar surface area (TPSA) is 9.23 Å². The van der Waals surface area contributed by atoms with Gasteiger partial charge in [-0.15, -0.1) is 0 Å². The molecule has 2 aliphatic rings. The van der Waals surface area contributed by atoms with Crippen LogP contribution in [-0.2, 0) is 6.42 Å². The monoisotopic (exact) mass is 378 g/mol. The van der Waals surface area contributed by atoms with Crippen molar-refractivity contribution in [3.05, 3.63) is 29.3 Å². The first-order valence-electron chi connectivity index (χ1n) is 11.2. The lowest BCUT2D eigenvalue weighted by atomic mass is 9.84. The summed E-state index contributed by atoms with van der Waals surface area (Å²) in [4.78, 5) is 0.